The fraction of sp³-hybridized carbons (Fsp3) is 0.565. The van der Waals surface area contributed by atoms with Crippen LogP contribution in [0.2, 0.25) is 0 Å². The summed E-state index contributed by atoms with van der Waals surface area (Å²) >= 11 is 0. The van der Waals surface area contributed by atoms with Gasteiger partial charge in [0.1, 0.15) is 6.54 Å². The highest BCUT2D eigenvalue weighted by atomic mass is 16.6. The van der Waals surface area contributed by atoms with Gasteiger partial charge >= 0.3 is 6.69 Å². The zero-order valence-corrected chi connectivity index (χ0v) is 17.5. The van der Waals surface area contributed by atoms with Crippen molar-refractivity contribution in [3.63, 3.8) is 0 Å². The number of quaternary nitrogens is 1. The third-order valence-corrected chi connectivity index (χ3v) is 8.99. The smallest absolute Gasteiger partial charge is 0.549 e. The van der Waals surface area contributed by atoms with Crippen LogP contribution in [0.4, 0.5) is 0 Å². The van der Waals surface area contributed by atoms with Crippen LogP contribution in [-0.2, 0) is 14.2 Å². The fourth-order valence-electron chi connectivity index (χ4n) is 7.09. The summed E-state index contributed by atoms with van der Waals surface area (Å²) in [6.07, 6.45) is 4.03. The third kappa shape index (κ3) is 2.48. The number of Topliss-reactive ketones (excluding diaryl/α,β-unsaturated/α-hetero) is 1. The second-order valence-electron chi connectivity index (χ2n) is 10.5. The second kappa shape index (κ2) is 6.05. The van der Waals surface area contributed by atoms with Gasteiger partial charge < -0.3 is 14.1 Å². The van der Waals surface area contributed by atoms with Gasteiger partial charge in [0, 0.05) is 5.92 Å². The first-order valence-electron chi connectivity index (χ1n) is 10.9. The van der Waals surface area contributed by atoms with E-state index in [2.05, 4.69) is 20.8 Å². The molecule has 5 aliphatic rings. The van der Waals surface area contributed by atoms with Gasteiger partial charge in [-0.2, -0.15) is 0 Å². The largest absolute Gasteiger partial charge is 0.611 e. The molecule has 154 valence electrons. The average Bonchev–Trinajstić information content (AvgIpc) is 3.02. The van der Waals surface area contributed by atoms with E-state index in [0.717, 1.165) is 12.0 Å². The molecule has 2 saturated heterocycles. The normalized spacial score (nSPS) is 45.2. The summed E-state index contributed by atoms with van der Waals surface area (Å²) < 4.78 is 5.91. The van der Waals surface area contributed by atoms with Gasteiger partial charge in [0.05, 0.1) is 12.6 Å². The van der Waals surface area contributed by atoms with Crippen molar-refractivity contribution >= 4 is 24.5 Å². The lowest BCUT2D eigenvalue weighted by atomic mass is 9.43. The summed E-state index contributed by atoms with van der Waals surface area (Å²) in [6.45, 7) is 4.90. The predicted octanol–water partition coefficient (Wildman–Crippen LogP) is 2.81. The predicted molar refractivity (Wildman–Crippen MR) is 111 cm³/mol. The summed E-state index contributed by atoms with van der Waals surface area (Å²) in [4.78, 5) is 25.3. The van der Waals surface area contributed by atoms with E-state index in [9.17, 15) is 14.6 Å². The minimum atomic E-state index is -2.64. The number of rotatable bonds is 3. The maximum Gasteiger partial charge on any atom is 0.549 e. The molecule has 2 aliphatic heterocycles. The molecule has 4 bridgehead atoms. The van der Waals surface area contributed by atoms with Crippen molar-refractivity contribution in [3.05, 3.63) is 41.9 Å². The molecule has 6 heteroatoms. The average molecular weight is 395 g/mol. The maximum atomic E-state index is 12.8. The first-order chi connectivity index (χ1) is 13.7. The molecule has 6 rings (SSSR count). The lowest BCUT2D eigenvalue weighted by molar-refractivity contribution is -0.870. The molecule has 3 saturated carbocycles. The summed E-state index contributed by atoms with van der Waals surface area (Å²) in [7, 11) is 0. The standard InChI is InChI=1S/C23H30BNO4/c1-15-19-11-17(23(19,2)3)12-20(15)25-13-18(21(26)14-25)22(27)29-24(25,28)10-9-16-7-5-4-6-8-16/h4-10,15,17-20,28H,11-14H2,1-3H3/b10-9+/t15-,17+,18?,19?,20?,24?,25-/m1/s1. The van der Waals surface area contributed by atoms with Crippen LogP contribution < -0.4 is 0 Å². The van der Waals surface area contributed by atoms with Gasteiger partial charge in [0.2, 0.25) is 5.78 Å². The molecule has 0 spiro atoms. The van der Waals surface area contributed by atoms with Crippen LogP contribution in [0.25, 0.3) is 6.08 Å². The van der Waals surface area contributed by atoms with Crippen molar-refractivity contribution in [2.45, 2.75) is 39.7 Å². The van der Waals surface area contributed by atoms with Crippen LogP contribution in [0.3, 0.4) is 0 Å². The molecule has 1 aromatic carbocycles. The molecule has 2 heterocycles. The zero-order chi connectivity index (χ0) is 20.6. The van der Waals surface area contributed by atoms with Crippen LogP contribution >= 0.6 is 0 Å². The summed E-state index contributed by atoms with van der Waals surface area (Å²) in [6, 6.07) is 9.84. The van der Waals surface area contributed by atoms with Crippen LogP contribution in [0.5, 0.6) is 0 Å². The molecular weight excluding hydrogens is 365 g/mol. The number of hydrogen-bond acceptors (Lipinski definition) is 4. The van der Waals surface area contributed by atoms with E-state index >= 15 is 0 Å². The van der Waals surface area contributed by atoms with Crippen LogP contribution in [-0.4, -0.2) is 47.0 Å². The van der Waals surface area contributed by atoms with E-state index in [1.54, 1.807) is 5.98 Å². The molecule has 1 N–H and O–H groups in total. The lowest BCUT2D eigenvalue weighted by Crippen LogP contribution is -2.79. The number of fused-ring (bicyclic) bond motifs is 5. The molecule has 5 nitrogen and oxygen atoms in total. The Morgan fingerprint density at radius 2 is 1.93 bits per heavy atom. The maximum absolute atomic E-state index is 12.8. The number of carbonyl (C=O) groups excluding carboxylic acids is 2. The van der Waals surface area contributed by atoms with Crippen molar-refractivity contribution in [1.82, 2.24) is 0 Å². The molecule has 29 heavy (non-hydrogen) atoms. The first-order valence-corrected chi connectivity index (χ1v) is 10.9. The first kappa shape index (κ1) is 19.1. The molecule has 3 aliphatic carbocycles. The monoisotopic (exact) mass is 395 g/mol. The van der Waals surface area contributed by atoms with Gasteiger partial charge in [0.25, 0.3) is 5.97 Å². The third-order valence-electron chi connectivity index (χ3n) is 8.99. The number of nitrogens with zero attached hydrogens (tertiary/aromatic N) is 1. The Kier molecular flexibility index (Phi) is 3.98. The molecule has 7 atom stereocenters. The summed E-state index contributed by atoms with van der Waals surface area (Å²) in [5, 5.41) is 11.8. The van der Waals surface area contributed by atoms with Gasteiger partial charge in [-0.25, -0.2) is 0 Å². The van der Waals surface area contributed by atoms with Crippen molar-refractivity contribution in [2.75, 3.05) is 13.1 Å². The van der Waals surface area contributed by atoms with Crippen LogP contribution in [0, 0.1) is 29.1 Å². The van der Waals surface area contributed by atoms with Crippen molar-refractivity contribution < 1.29 is 23.7 Å². The Morgan fingerprint density at radius 1 is 1.21 bits per heavy atom. The molecule has 4 unspecified atom stereocenters. The van der Waals surface area contributed by atoms with Crippen molar-refractivity contribution in [2.24, 2.45) is 29.1 Å². The van der Waals surface area contributed by atoms with E-state index in [1.165, 1.54) is 6.42 Å². The number of ketones is 1. The highest BCUT2D eigenvalue weighted by Gasteiger charge is 2.69. The number of hydrogen-bond donors (Lipinski definition) is 1. The molecular formula is C23H30BNO4. The van der Waals surface area contributed by atoms with Gasteiger partial charge in [-0.15, -0.1) is 5.98 Å². The van der Waals surface area contributed by atoms with E-state index in [0.29, 0.717) is 29.7 Å². The lowest BCUT2D eigenvalue weighted by Gasteiger charge is -2.68. The Labute approximate surface area is 172 Å². The molecule has 0 radical (unpaired) electrons. The van der Waals surface area contributed by atoms with Crippen molar-refractivity contribution in [1.29, 1.82) is 0 Å². The van der Waals surface area contributed by atoms with E-state index in [1.807, 2.05) is 36.4 Å². The van der Waals surface area contributed by atoms with Crippen molar-refractivity contribution in [3.8, 4) is 0 Å². The zero-order valence-electron chi connectivity index (χ0n) is 17.5. The Bertz CT molecular complexity index is 899. The Morgan fingerprint density at radius 3 is 2.59 bits per heavy atom. The van der Waals surface area contributed by atoms with Crippen LogP contribution in [0.15, 0.2) is 36.3 Å². The van der Waals surface area contributed by atoms with Gasteiger partial charge in [-0.3, -0.25) is 9.59 Å². The summed E-state index contributed by atoms with van der Waals surface area (Å²) in [5.74, 6) is 1.87. The highest BCUT2D eigenvalue weighted by molar-refractivity contribution is 6.67. The number of benzene rings is 1. The van der Waals surface area contributed by atoms with Gasteiger partial charge in [0.15, 0.2) is 5.92 Å². The topological polar surface area (TPSA) is 63.6 Å². The minimum Gasteiger partial charge on any atom is -0.611 e. The van der Waals surface area contributed by atoms with Crippen LogP contribution in [0.1, 0.15) is 39.2 Å². The molecule has 0 aromatic heterocycles. The Balaban J connectivity index is 1.55. The Hall–Kier alpha value is -1.92. The molecule has 1 aromatic rings. The SMILES string of the molecule is C[C@@H]1C2C[C@@H](CC1[N@+]13CC(=O)C(C1)C(=O)O[B-]3(O)/C=C/c1ccccc1)C2(C)C. The number of carbonyl (C=O) groups is 2. The fourth-order valence-corrected chi connectivity index (χ4v) is 7.09. The minimum absolute atomic E-state index is 0.0772. The van der Waals surface area contributed by atoms with E-state index in [4.69, 9.17) is 4.65 Å². The van der Waals surface area contributed by atoms with E-state index < -0.39 is 18.6 Å². The summed E-state index contributed by atoms with van der Waals surface area (Å²) in [5.41, 5.74) is 1.25. The van der Waals surface area contributed by atoms with Gasteiger partial charge in [-0.05, 0) is 35.7 Å². The molecule has 0 amide bonds. The quantitative estimate of drug-likeness (QED) is 0.632. The second-order valence-corrected chi connectivity index (χ2v) is 10.5. The van der Waals surface area contributed by atoms with E-state index in [-0.39, 0.29) is 22.8 Å². The molecule has 5 fully saturated rings. The highest BCUT2D eigenvalue weighted by Crippen LogP contribution is 2.64. The van der Waals surface area contributed by atoms with Gasteiger partial charge in [-0.1, -0.05) is 57.2 Å².